The minimum absolute atomic E-state index is 0.0661. The molecule has 168 valence electrons. The molecule has 1 aliphatic heterocycles. The first kappa shape index (κ1) is 23.1. The van der Waals surface area contributed by atoms with Crippen molar-refractivity contribution >= 4 is 51.2 Å². The summed E-state index contributed by atoms with van der Waals surface area (Å²) in [6, 6.07) is 4.49. The average Bonchev–Trinajstić information content (AvgIpc) is 3.35. The fourth-order valence-corrected chi connectivity index (χ4v) is 7.76. The monoisotopic (exact) mass is 484 g/mol. The van der Waals surface area contributed by atoms with Crippen molar-refractivity contribution < 1.29 is 4.57 Å². The third-order valence-corrected chi connectivity index (χ3v) is 9.62. The van der Waals surface area contributed by atoms with Gasteiger partial charge in [0.1, 0.15) is 20.8 Å². The van der Waals surface area contributed by atoms with Crippen molar-refractivity contribution in [2.45, 2.75) is 59.5 Å². The third-order valence-electron chi connectivity index (χ3n) is 6.05. The minimum atomic E-state index is 0.0661. The van der Waals surface area contributed by atoms with Gasteiger partial charge in [-0.2, -0.15) is 4.57 Å². The van der Waals surface area contributed by atoms with Crippen molar-refractivity contribution in [1.29, 1.82) is 0 Å². The van der Waals surface area contributed by atoms with Crippen LogP contribution in [0.15, 0.2) is 34.5 Å². The molecule has 7 heteroatoms. The summed E-state index contributed by atoms with van der Waals surface area (Å²) in [4.78, 5) is 18.4. The lowest BCUT2D eigenvalue weighted by atomic mass is 10.1. The number of hydrogen-bond acceptors (Lipinski definition) is 5. The molecule has 0 radical (unpaired) electrons. The Morgan fingerprint density at radius 2 is 1.81 bits per heavy atom. The molecule has 0 amide bonds. The van der Waals surface area contributed by atoms with Crippen LogP contribution in [0.5, 0.6) is 0 Å². The smallest absolute Gasteiger partial charge is 0.272 e. The van der Waals surface area contributed by atoms with Crippen molar-refractivity contribution in [3.63, 3.8) is 0 Å². The number of thioether (sulfide) groups is 1. The number of benzene rings is 1. The summed E-state index contributed by atoms with van der Waals surface area (Å²) in [5, 5.41) is 2.22. The maximum Gasteiger partial charge on any atom is 0.272 e. The zero-order chi connectivity index (χ0) is 23.2. The standard InChI is InChI=1S/C25H30N3OS3/c1-8-11-28-22(14-21-26(9-2)17(6)18(7)30-21)32-23(24(28)29)25-27(10-3)19-12-15(4)16(5)13-20(19)31-25/h8,12-14H,1,9-11H2,2-7H3/q+1/b25-23-. The van der Waals surface area contributed by atoms with E-state index in [9.17, 15) is 4.79 Å². The molecular weight excluding hydrogens is 454 g/mol. The van der Waals surface area contributed by atoms with Crippen LogP contribution in [0.3, 0.4) is 0 Å². The Morgan fingerprint density at radius 3 is 2.47 bits per heavy atom. The van der Waals surface area contributed by atoms with Gasteiger partial charge >= 0.3 is 0 Å². The van der Waals surface area contributed by atoms with Gasteiger partial charge in [0, 0.05) is 24.9 Å². The number of nitrogens with zero attached hydrogens (tertiary/aromatic N) is 3. The van der Waals surface area contributed by atoms with Crippen LogP contribution in [-0.4, -0.2) is 11.1 Å². The molecule has 0 saturated carbocycles. The molecule has 3 heterocycles. The molecule has 0 N–H and O–H groups in total. The molecule has 0 fully saturated rings. The number of rotatable bonds is 5. The lowest BCUT2D eigenvalue weighted by Crippen LogP contribution is -2.37. The van der Waals surface area contributed by atoms with Crippen molar-refractivity contribution in [3.05, 3.63) is 71.0 Å². The first-order valence-electron chi connectivity index (χ1n) is 10.9. The molecule has 1 aromatic carbocycles. The molecule has 0 bridgehead atoms. The summed E-state index contributed by atoms with van der Waals surface area (Å²) in [6.07, 6.45) is 3.98. The Balaban J connectivity index is 1.98. The van der Waals surface area contributed by atoms with Crippen LogP contribution in [0, 0.1) is 27.7 Å². The van der Waals surface area contributed by atoms with Gasteiger partial charge in [0.2, 0.25) is 0 Å². The summed E-state index contributed by atoms with van der Waals surface area (Å²) in [5.41, 5.74) is 5.12. The van der Waals surface area contributed by atoms with E-state index in [-0.39, 0.29) is 5.56 Å². The van der Waals surface area contributed by atoms with Gasteiger partial charge in [-0.3, -0.25) is 9.36 Å². The summed E-state index contributed by atoms with van der Waals surface area (Å²) in [6.45, 7) is 19.1. The highest BCUT2D eigenvalue weighted by atomic mass is 32.2. The molecule has 2 aromatic heterocycles. The van der Waals surface area contributed by atoms with Gasteiger partial charge in [-0.25, -0.2) is 0 Å². The zero-order valence-corrected chi connectivity index (χ0v) is 22.1. The van der Waals surface area contributed by atoms with Crippen LogP contribution in [0.1, 0.15) is 40.6 Å². The third kappa shape index (κ3) is 3.80. The first-order valence-corrected chi connectivity index (χ1v) is 13.4. The number of aromatic nitrogens is 2. The van der Waals surface area contributed by atoms with Crippen LogP contribution < -0.4 is 24.2 Å². The van der Waals surface area contributed by atoms with Crippen molar-refractivity contribution in [1.82, 2.24) is 4.57 Å². The maximum atomic E-state index is 13.6. The second-order valence-electron chi connectivity index (χ2n) is 8.00. The number of aryl methyl sites for hydroxylation is 3. The van der Waals surface area contributed by atoms with E-state index in [1.54, 1.807) is 40.5 Å². The maximum absolute atomic E-state index is 13.6. The molecular formula is C25H30N3OS3+. The number of fused-ring (bicyclic) bond motifs is 1. The highest BCUT2D eigenvalue weighted by molar-refractivity contribution is 8.08. The quantitative estimate of drug-likeness (QED) is 0.401. The van der Waals surface area contributed by atoms with E-state index in [2.05, 4.69) is 75.8 Å². The molecule has 0 spiro atoms. The van der Waals surface area contributed by atoms with E-state index in [0.29, 0.717) is 6.54 Å². The number of anilines is 1. The van der Waals surface area contributed by atoms with E-state index in [4.69, 9.17) is 0 Å². The average molecular weight is 485 g/mol. The minimum Gasteiger partial charge on any atom is -0.334 e. The number of thiazole rings is 2. The Hall–Kier alpha value is -2.09. The number of allylic oxidation sites excluding steroid dienone is 1. The fourth-order valence-electron chi connectivity index (χ4n) is 4.04. The highest BCUT2D eigenvalue weighted by Crippen LogP contribution is 2.47. The van der Waals surface area contributed by atoms with Gasteiger partial charge in [0.15, 0.2) is 5.69 Å². The van der Waals surface area contributed by atoms with E-state index in [1.165, 1.54) is 37.3 Å². The Morgan fingerprint density at radius 1 is 1.09 bits per heavy atom. The summed E-state index contributed by atoms with van der Waals surface area (Å²) in [5.74, 6) is 0. The lowest BCUT2D eigenvalue weighted by molar-refractivity contribution is -0.696. The molecule has 32 heavy (non-hydrogen) atoms. The molecule has 3 aromatic rings. The van der Waals surface area contributed by atoms with Crippen LogP contribution in [-0.2, 0) is 13.1 Å². The van der Waals surface area contributed by atoms with Crippen LogP contribution in [0.2, 0.25) is 0 Å². The van der Waals surface area contributed by atoms with Gasteiger partial charge in [-0.05, 0) is 57.9 Å². The Kier molecular flexibility index (Phi) is 6.52. The predicted molar refractivity (Wildman–Crippen MR) is 139 cm³/mol. The summed E-state index contributed by atoms with van der Waals surface area (Å²) < 4.78 is 5.96. The highest BCUT2D eigenvalue weighted by Gasteiger charge is 2.27. The van der Waals surface area contributed by atoms with Gasteiger partial charge in [0.05, 0.1) is 16.6 Å². The first-order chi connectivity index (χ1) is 15.3. The Bertz CT molecular complexity index is 1390. The van der Waals surface area contributed by atoms with Gasteiger partial charge in [-0.15, -0.1) is 17.9 Å². The van der Waals surface area contributed by atoms with Gasteiger partial charge in [0.25, 0.3) is 10.6 Å². The van der Waals surface area contributed by atoms with Crippen LogP contribution in [0.25, 0.3) is 11.1 Å². The summed E-state index contributed by atoms with van der Waals surface area (Å²) in [7, 11) is 0. The zero-order valence-electron chi connectivity index (χ0n) is 19.6. The SMILES string of the molecule is C=CCn1c(=Cc2sc(C)c(C)[n+]2CC)s/c(=C2\Sc3cc(C)c(C)cc3N2CC)c1=O. The Labute approximate surface area is 201 Å². The van der Waals surface area contributed by atoms with E-state index in [1.807, 2.05) is 4.57 Å². The van der Waals surface area contributed by atoms with Crippen molar-refractivity contribution in [2.24, 2.45) is 0 Å². The largest absolute Gasteiger partial charge is 0.334 e. The summed E-state index contributed by atoms with van der Waals surface area (Å²) >= 11 is 5.09. The van der Waals surface area contributed by atoms with Crippen LogP contribution in [0.4, 0.5) is 5.69 Å². The molecule has 4 rings (SSSR count). The normalized spacial score (nSPS) is 15.6. The second-order valence-corrected chi connectivity index (χ2v) is 11.3. The van der Waals surface area contributed by atoms with Gasteiger partial charge in [-0.1, -0.05) is 29.2 Å². The van der Waals surface area contributed by atoms with Gasteiger partial charge < -0.3 is 4.90 Å². The van der Waals surface area contributed by atoms with Crippen molar-refractivity contribution in [2.75, 3.05) is 11.4 Å². The second kappa shape index (κ2) is 9.04. The predicted octanol–water partition coefficient (Wildman–Crippen LogP) is 4.23. The molecule has 4 nitrogen and oxygen atoms in total. The molecule has 1 aliphatic rings. The molecule has 0 unspecified atom stereocenters. The fraction of sp³-hybridized carbons (Fsp3) is 0.360. The van der Waals surface area contributed by atoms with E-state index < -0.39 is 0 Å². The topological polar surface area (TPSA) is 29.1 Å². The lowest BCUT2D eigenvalue weighted by Gasteiger charge is -2.18. The molecule has 0 saturated heterocycles. The van der Waals surface area contributed by atoms with E-state index >= 15 is 0 Å². The van der Waals surface area contributed by atoms with E-state index in [0.717, 1.165) is 27.3 Å². The number of hydrogen-bond donors (Lipinski definition) is 0. The van der Waals surface area contributed by atoms with Crippen LogP contribution >= 0.6 is 34.4 Å². The van der Waals surface area contributed by atoms with Crippen molar-refractivity contribution in [3.8, 4) is 0 Å². The molecule has 0 aliphatic carbocycles. The molecule has 0 atom stereocenters.